The van der Waals surface area contributed by atoms with E-state index in [1.54, 1.807) is 6.20 Å². The number of carbonyl (C=O) groups is 3. The van der Waals surface area contributed by atoms with Gasteiger partial charge in [-0.15, -0.1) is 0 Å². The van der Waals surface area contributed by atoms with Gasteiger partial charge in [0.25, 0.3) is 0 Å². The Morgan fingerprint density at radius 1 is 1.08 bits per heavy atom. The van der Waals surface area contributed by atoms with Crippen LogP contribution in [0, 0.1) is 0 Å². The van der Waals surface area contributed by atoms with Crippen LogP contribution in [0.1, 0.15) is 63.6 Å². The number of alkyl carbamates (subject to hydrolysis) is 1. The first kappa shape index (κ1) is 28.4. The summed E-state index contributed by atoms with van der Waals surface area (Å²) in [6.07, 6.45) is 4.91. The topological polar surface area (TPSA) is 84.9 Å². The maximum atomic E-state index is 13.4. The number of nitrogens with one attached hydrogen (secondary N) is 1. The van der Waals surface area contributed by atoms with E-state index < -0.39 is 17.7 Å². The molecule has 0 fully saturated rings. The summed E-state index contributed by atoms with van der Waals surface area (Å²) in [6.45, 7) is 6.06. The molecule has 1 N–H and O–H groups in total. The number of halogens is 1. The molecule has 2 atom stereocenters. The Morgan fingerprint density at radius 3 is 2.46 bits per heavy atom. The third-order valence-corrected chi connectivity index (χ3v) is 6.40. The van der Waals surface area contributed by atoms with Crippen molar-refractivity contribution >= 4 is 33.8 Å². The van der Waals surface area contributed by atoms with E-state index in [0.29, 0.717) is 25.8 Å². The molecule has 0 aromatic heterocycles. The van der Waals surface area contributed by atoms with Gasteiger partial charge in [-0.1, -0.05) is 58.4 Å². The van der Waals surface area contributed by atoms with Gasteiger partial charge >= 0.3 is 12.1 Å². The van der Waals surface area contributed by atoms with E-state index in [1.165, 1.54) is 6.08 Å². The summed E-state index contributed by atoms with van der Waals surface area (Å²) in [4.78, 5) is 39.6. The van der Waals surface area contributed by atoms with Crippen LogP contribution in [0.5, 0.6) is 0 Å². The number of esters is 1. The number of benzene rings is 2. The zero-order valence-corrected chi connectivity index (χ0v) is 23.2. The summed E-state index contributed by atoms with van der Waals surface area (Å²) in [5.41, 5.74) is 1.30. The first-order chi connectivity index (χ1) is 17.6. The second kappa shape index (κ2) is 13.4. The lowest BCUT2D eigenvalue weighted by Crippen LogP contribution is -2.43. The third kappa shape index (κ3) is 9.35. The van der Waals surface area contributed by atoms with Crippen molar-refractivity contribution in [2.45, 2.75) is 70.7 Å². The van der Waals surface area contributed by atoms with Gasteiger partial charge in [-0.05, 0) is 69.4 Å². The molecule has 0 spiro atoms. The molecular formula is C29H35BrN2O5. The van der Waals surface area contributed by atoms with Crippen LogP contribution in [0.3, 0.4) is 0 Å². The third-order valence-electron chi connectivity index (χ3n) is 5.87. The van der Waals surface area contributed by atoms with Crippen molar-refractivity contribution < 1.29 is 23.9 Å². The number of amides is 1. The van der Waals surface area contributed by atoms with Crippen molar-refractivity contribution in [3.63, 3.8) is 0 Å². The molecule has 2 unspecified atom stereocenters. The predicted molar refractivity (Wildman–Crippen MR) is 146 cm³/mol. The summed E-state index contributed by atoms with van der Waals surface area (Å²) >= 11 is 3.46. The second-order valence-electron chi connectivity index (χ2n) is 10.0. The molecule has 0 aliphatic carbocycles. The van der Waals surface area contributed by atoms with Gasteiger partial charge in [0.2, 0.25) is 0 Å². The molecule has 198 valence electrons. The highest BCUT2D eigenvalue weighted by Gasteiger charge is 2.34. The van der Waals surface area contributed by atoms with E-state index in [9.17, 15) is 14.4 Å². The smallest absolute Gasteiger partial charge is 0.407 e. The first-order valence-corrected chi connectivity index (χ1v) is 13.3. The second-order valence-corrected chi connectivity index (χ2v) is 10.9. The largest absolute Gasteiger partial charge is 0.459 e. The number of unbranched alkanes of at least 4 members (excludes halogenated alkanes) is 1. The van der Waals surface area contributed by atoms with Crippen molar-refractivity contribution in [1.82, 2.24) is 10.2 Å². The summed E-state index contributed by atoms with van der Waals surface area (Å²) in [5.74, 6) is -0.327. The van der Waals surface area contributed by atoms with Crippen LogP contribution in [0.4, 0.5) is 4.79 Å². The number of ether oxygens (including phenoxy) is 2. The normalized spacial score (nSPS) is 16.3. The average Bonchev–Trinajstić information content (AvgIpc) is 2.85. The van der Waals surface area contributed by atoms with Gasteiger partial charge in [0, 0.05) is 23.6 Å². The lowest BCUT2D eigenvalue weighted by Gasteiger charge is -2.38. The minimum atomic E-state index is -0.580. The fourth-order valence-corrected chi connectivity index (χ4v) is 4.38. The minimum absolute atomic E-state index is 0.0159. The Hall–Kier alpha value is -3.13. The number of hydrogen-bond donors (Lipinski definition) is 1. The molecule has 2 aromatic carbocycles. The van der Waals surface area contributed by atoms with Crippen LogP contribution in [0.25, 0.3) is 0 Å². The zero-order valence-electron chi connectivity index (χ0n) is 21.6. The predicted octanol–water partition coefficient (Wildman–Crippen LogP) is 6.09. The minimum Gasteiger partial charge on any atom is -0.459 e. The van der Waals surface area contributed by atoms with Gasteiger partial charge in [-0.2, -0.15) is 0 Å². The molecule has 2 aromatic rings. The van der Waals surface area contributed by atoms with Crippen molar-refractivity contribution in [2.75, 3.05) is 6.54 Å². The van der Waals surface area contributed by atoms with Crippen molar-refractivity contribution in [3.8, 4) is 0 Å². The van der Waals surface area contributed by atoms with Gasteiger partial charge in [-0.3, -0.25) is 4.79 Å². The van der Waals surface area contributed by atoms with Crippen molar-refractivity contribution in [3.05, 3.63) is 82.5 Å². The lowest BCUT2D eigenvalue weighted by atomic mass is 9.94. The zero-order chi connectivity index (χ0) is 26.8. The average molecular weight is 572 g/mol. The summed E-state index contributed by atoms with van der Waals surface area (Å²) < 4.78 is 11.9. The number of nitrogens with zero attached hydrogens (tertiary/aromatic N) is 1. The Labute approximate surface area is 227 Å². The molecule has 0 radical (unpaired) electrons. The van der Waals surface area contributed by atoms with Gasteiger partial charge in [0.1, 0.15) is 18.2 Å². The van der Waals surface area contributed by atoms with Crippen LogP contribution in [0.2, 0.25) is 0 Å². The highest BCUT2D eigenvalue weighted by molar-refractivity contribution is 9.10. The molecule has 8 heteroatoms. The Morgan fingerprint density at radius 2 is 1.78 bits per heavy atom. The molecule has 0 bridgehead atoms. The van der Waals surface area contributed by atoms with Crippen LogP contribution in [0.15, 0.2) is 71.3 Å². The summed E-state index contributed by atoms with van der Waals surface area (Å²) in [5, 5.41) is 2.76. The van der Waals surface area contributed by atoms with E-state index in [2.05, 4.69) is 21.2 Å². The van der Waals surface area contributed by atoms with Crippen molar-refractivity contribution in [1.29, 1.82) is 0 Å². The molecule has 3 rings (SSSR count). The monoisotopic (exact) mass is 570 g/mol. The van der Waals surface area contributed by atoms with E-state index in [0.717, 1.165) is 15.6 Å². The van der Waals surface area contributed by atoms with Crippen LogP contribution in [-0.2, 0) is 25.7 Å². The standard InChI is InChI=1S/C29H35BrN2O5/c1-29(2,3)37-28(35)31-17-8-7-11-25(27(34)36-20-21-9-5-4-6-10-21)32-18-16-24(33)19-26(32)22-12-14-23(30)15-13-22/h4-6,9-10,12-16,18,25-26H,7-8,11,17,19-20H2,1-3H3,(H,31,35). The number of hydrogen-bond acceptors (Lipinski definition) is 6. The molecular weight excluding hydrogens is 536 g/mol. The maximum absolute atomic E-state index is 13.4. The quantitative estimate of drug-likeness (QED) is 0.275. The van der Waals surface area contributed by atoms with E-state index in [1.807, 2.05) is 80.3 Å². The highest BCUT2D eigenvalue weighted by Crippen LogP contribution is 2.33. The molecule has 1 aliphatic rings. The summed E-state index contributed by atoms with van der Waals surface area (Å²) in [7, 11) is 0. The van der Waals surface area contributed by atoms with Crippen LogP contribution >= 0.6 is 15.9 Å². The van der Waals surface area contributed by atoms with Crippen molar-refractivity contribution in [2.24, 2.45) is 0 Å². The lowest BCUT2D eigenvalue weighted by molar-refractivity contribution is -0.152. The van der Waals surface area contributed by atoms with Crippen LogP contribution < -0.4 is 5.32 Å². The molecule has 0 saturated carbocycles. The molecule has 1 aliphatic heterocycles. The van der Waals surface area contributed by atoms with E-state index in [4.69, 9.17) is 9.47 Å². The Bertz CT molecular complexity index is 1080. The molecule has 7 nitrogen and oxygen atoms in total. The number of ketones is 1. The fraction of sp³-hybridized carbons (Fsp3) is 0.414. The van der Waals surface area contributed by atoms with Gasteiger partial charge in [0.15, 0.2) is 5.78 Å². The number of allylic oxidation sites excluding steroid dienone is 1. The van der Waals surface area contributed by atoms with E-state index in [-0.39, 0.29) is 30.8 Å². The van der Waals surface area contributed by atoms with E-state index >= 15 is 0 Å². The summed E-state index contributed by atoms with van der Waals surface area (Å²) in [6, 6.07) is 16.5. The maximum Gasteiger partial charge on any atom is 0.407 e. The van der Waals surface area contributed by atoms with Crippen LogP contribution in [-0.4, -0.2) is 40.9 Å². The first-order valence-electron chi connectivity index (χ1n) is 12.5. The van der Waals surface area contributed by atoms with Gasteiger partial charge < -0.3 is 19.7 Å². The number of carbonyl (C=O) groups excluding carboxylic acids is 3. The molecule has 1 heterocycles. The Balaban J connectivity index is 1.70. The van der Waals surface area contributed by atoms with Gasteiger partial charge in [-0.25, -0.2) is 9.59 Å². The fourth-order valence-electron chi connectivity index (χ4n) is 4.11. The molecule has 37 heavy (non-hydrogen) atoms. The Kier molecular flexibility index (Phi) is 10.3. The number of rotatable bonds is 10. The molecule has 1 amide bonds. The van der Waals surface area contributed by atoms with Gasteiger partial charge in [0.05, 0.1) is 6.04 Å². The molecule has 0 saturated heterocycles. The highest BCUT2D eigenvalue weighted by atomic mass is 79.9. The SMILES string of the molecule is CC(C)(C)OC(=O)NCCCCC(C(=O)OCc1ccccc1)N1C=CC(=O)CC1c1ccc(Br)cc1.